The number of piperidine rings is 1. The molecule has 0 aromatic rings. The highest BCUT2D eigenvalue weighted by Gasteiger charge is 2.53. The van der Waals surface area contributed by atoms with E-state index in [2.05, 4.69) is 12.2 Å². The number of carbonyl (C=O) groups excluding carboxylic acids is 3. The highest BCUT2D eigenvalue weighted by molar-refractivity contribution is 6.09. The van der Waals surface area contributed by atoms with E-state index in [-0.39, 0.29) is 30.4 Å². The van der Waals surface area contributed by atoms with E-state index < -0.39 is 11.6 Å². The number of rotatable bonds is 4. The maximum atomic E-state index is 13.0. The fourth-order valence-electron chi connectivity index (χ4n) is 4.78. The summed E-state index contributed by atoms with van der Waals surface area (Å²) in [6.07, 6.45) is 7.23. The Kier molecular flexibility index (Phi) is 5.55. The van der Waals surface area contributed by atoms with E-state index in [1.165, 1.54) is 0 Å². The van der Waals surface area contributed by atoms with E-state index in [1.54, 1.807) is 4.90 Å². The van der Waals surface area contributed by atoms with Gasteiger partial charge in [0, 0.05) is 18.6 Å². The van der Waals surface area contributed by atoms with Crippen molar-refractivity contribution in [3.63, 3.8) is 0 Å². The molecule has 2 atom stereocenters. The van der Waals surface area contributed by atoms with Gasteiger partial charge in [0.1, 0.15) is 12.1 Å². The minimum atomic E-state index is -0.786. The molecular formula is C19H32N4O3. The second kappa shape index (κ2) is 7.55. The van der Waals surface area contributed by atoms with E-state index in [9.17, 15) is 14.4 Å². The number of amides is 4. The predicted octanol–water partition coefficient (Wildman–Crippen LogP) is 1.61. The van der Waals surface area contributed by atoms with Crippen molar-refractivity contribution in [3.8, 4) is 0 Å². The molecule has 1 saturated carbocycles. The summed E-state index contributed by atoms with van der Waals surface area (Å²) < 4.78 is 0. The molecule has 3 N–H and O–H groups in total. The minimum Gasteiger partial charge on any atom is -0.337 e. The van der Waals surface area contributed by atoms with Crippen LogP contribution in [0.4, 0.5) is 4.79 Å². The summed E-state index contributed by atoms with van der Waals surface area (Å²) >= 11 is 0. The maximum absolute atomic E-state index is 13.0. The van der Waals surface area contributed by atoms with E-state index in [1.807, 2.05) is 6.92 Å². The number of hydrogen-bond acceptors (Lipinski definition) is 4. The van der Waals surface area contributed by atoms with Crippen molar-refractivity contribution < 1.29 is 14.4 Å². The van der Waals surface area contributed by atoms with E-state index in [0.29, 0.717) is 25.3 Å². The fourth-order valence-corrected chi connectivity index (χ4v) is 4.78. The highest BCUT2D eigenvalue weighted by atomic mass is 16.2. The zero-order valence-electron chi connectivity index (χ0n) is 16.0. The molecule has 2 aliphatic heterocycles. The SMILES string of the molecule is CCC1CCC2(CC1)NC(=O)N(CC(=O)N1CCCCC1C(C)N)C2=O. The second-order valence-electron chi connectivity index (χ2n) is 8.26. The number of nitrogens with one attached hydrogen (secondary N) is 1. The van der Waals surface area contributed by atoms with Crippen LogP contribution in [0.25, 0.3) is 0 Å². The molecular weight excluding hydrogens is 332 g/mol. The summed E-state index contributed by atoms with van der Waals surface area (Å²) in [5.41, 5.74) is 5.26. The van der Waals surface area contributed by atoms with E-state index in [4.69, 9.17) is 5.73 Å². The van der Waals surface area contributed by atoms with Crippen LogP contribution >= 0.6 is 0 Å². The van der Waals surface area contributed by atoms with Crippen LogP contribution in [0.2, 0.25) is 0 Å². The van der Waals surface area contributed by atoms with Gasteiger partial charge < -0.3 is 16.0 Å². The van der Waals surface area contributed by atoms with E-state index >= 15 is 0 Å². The first-order valence-electron chi connectivity index (χ1n) is 10.1. The number of urea groups is 1. The first-order chi connectivity index (χ1) is 12.4. The standard InChI is InChI=1S/C19H32N4O3/c1-3-14-7-9-19(10-8-14)17(25)23(18(26)21-19)12-16(24)22-11-5-4-6-15(22)13(2)20/h13-15H,3-12,20H2,1-2H3,(H,21,26). The number of nitrogens with zero attached hydrogens (tertiary/aromatic N) is 2. The third-order valence-electron chi connectivity index (χ3n) is 6.55. The number of hydrogen-bond donors (Lipinski definition) is 2. The van der Waals surface area contributed by atoms with Crippen molar-refractivity contribution >= 4 is 17.8 Å². The van der Waals surface area contributed by atoms with E-state index in [0.717, 1.165) is 43.4 Å². The number of imide groups is 1. The van der Waals surface area contributed by atoms with Crippen LogP contribution in [-0.2, 0) is 9.59 Å². The molecule has 2 heterocycles. The Balaban J connectivity index is 1.67. The summed E-state index contributed by atoms with van der Waals surface area (Å²) in [5.74, 6) is 0.232. The Hall–Kier alpha value is -1.63. The van der Waals surface area contributed by atoms with Crippen LogP contribution in [-0.4, -0.2) is 58.4 Å². The summed E-state index contributed by atoms with van der Waals surface area (Å²) in [4.78, 5) is 41.1. The van der Waals surface area contributed by atoms with Gasteiger partial charge in [-0.05, 0) is 57.8 Å². The van der Waals surface area contributed by atoms with Gasteiger partial charge in [-0.15, -0.1) is 0 Å². The zero-order valence-corrected chi connectivity index (χ0v) is 16.0. The predicted molar refractivity (Wildman–Crippen MR) is 98.2 cm³/mol. The summed E-state index contributed by atoms with van der Waals surface area (Å²) in [6.45, 7) is 4.55. The normalized spacial score (nSPS) is 33.5. The molecule has 3 fully saturated rings. The Morgan fingerprint density at radius 2 is 1.96 bits per heavy atom. The molecule has 4 amide bonds. The topological polar surface area (TPSA) is 95.7 Å². The van der Waals surface area contributed by atoms with Gasteiger partial charge in [0.15, 0.2) is 0 Å². The molecule has 0 aromatic carbocycles. The molecule has 1 spiro atoms. The fraction of sp³-hybridized carbons (Fsp3) is 0.842. The molecule has 3 aliphatic rings. The first-order valence-corrected chi connectivity index (χ1v) is 10.1. The van der Waals surface area contributed by atoms with Crippen LogP contribution < -0.4 is 11.1 Å². The Morgan fingerprint density at radius 1 is 1.27 bits per heavy atom. The lowest BCUT2D eigenvalue weighted by Crippen LogP contribution is -2.55. The molecule has 2 unspecified atom stereocenters. The van der Waals surface area contributed by atoms with Crippen LogP contribution in [0.5, 0.6) is 0 Å². The molecule has 7 heteroatoms. The van der Waals surface area contributed by atoms with Gasteiger partial charge in [-0.1, -0.05) is 13.3 Å². The van der Waals surface area contributed by atoms with Gasteiger partial charge in [-0.3, -0.25) is 14.5 Å². The molecule has 0 radical (unpaired) electrons. The Labute approximate surface area is 155 Å². The average Bonchev–Trinajstić information content (AvgIpc) is 2.86. The second-order valence-corrected chi connectivity index (χ2v) is 8.26. The van der Waals surface area contributed by atoms with Crippen molar-refractivity contribution in [3.05, 3.63) is 0 Å². The van der Waals surface area contributed by atoms with Crippen LogP contribution in [0, 0.1) is 5.92 Å². The molecule has 1 aliphatic carbocycles. The van der Waals surface area contributed by atoms with Gasteiger partial charge in [0.05, 0.1) is 0 Å². The Bertz CT molecular complexity index is 569. The summed E-state index contributed by atoms with van der Waals surface area (Å²) in [5, 5.41) is 2.90. The van der Waals surface area contributed by atoms with Crippen LogP contribution in [0.3, 0.4) is 0 Å². The maximum Gasteiger partial charge on any atom is 0.325 e. The lowest BCUT2D eigenvalue weighted by molar-refractivity contribution is -0.142. The zero-order chi connectivity index (χ0) is 18.9. The average molecular weight is 364 g/mol. The van der Waals surface area contributed by atoms with Crippen LogP contribution in [0.15, 0.2) is 0 Å². The van der Waals surface area contributed by atoms with Crippen molar-refractivity contribution in [2.24, 2.45) is 11.7 Å². The largest absolute Gasteiger partial charge is 0.337 e. The third kappa shape index (κ3) is 3.46. The van der Waals surface area contributed by atoms with Gasteiger partial charge in [0.2, 0.25) is 5.91 Å². The van der Waals surface area contributed by atoms with Gasteiger partial charge in [-0.2, -0.15) is 0 Å². The van der Waals surface area contributed by atoms with Gasteiger partial charge >= 0.3 is 6.03 Å². The summed E-state index contributed by atoms with van der Waals surface area (Å²) in [7, 11) is 0. The molecule has 3 rings (SSSR count). The smallest absolute Gasteiger partial charge is 0.325 e. The van der Waals surface area contributed by atoms with Crippen molar-refractivity contribution in [1.29, 1.82) is 0 Å². The quantitative estimate of drug-likeness (QED) is 0.741. The van der Waals surface area contributed by atoms with Gasteiger partial charge in [0.25, 0.3) is 5.91 Å². The monoisotopic (exact) mass is 364 g/mol. The molecule has 26 heavy (non-hydrogen) atoms. The first kappa shape index (κ1) is 19.1. The van der Waals surface area contributed by atoms with Crippen molar-refractivity contribution in [2.45, 2.75) is 82.8 Å². The lowest BCUT2D eigenvalue weighted by atomic mass is 9.75. The minimum absolute atomic E-state index is 0.00836. The Morgan fingerprint density at radius 3 is 2.58 bits per heavy atom. The molecule has 146 valence electrons. The number of carbonyl (C=O) groups is 3. The molecule has 0 aromatic heterocycles. The van der Waals surface area contributed by atoms with Crippen molar-refractivity contribution in [2.75, 3.05) is 13.1 Å². The highest BCUT2D eigenvalue weighted by Crippen LogP contribution is 2.37. The van der Waals surface area contributed by atoms with Crippen LogP contribution in [0.1, 0.15) is 65.2 Å². The summed E-state index contributed by atoms with van der Waals surface area (Å²) in [6, 6.07) is -0.545. The molecule has 2 saturated heterocycles. The third-order valence-corrected chi connectivity index (χ3v) is 6.55. The molecule has 0 bridgehead atoms. The van der Waals surface area contributed by atoms with Gasteiger partial charge in [-0.25, -0.2) is 4.79 Å². The van der Waals surface area contributed by atoms with Crippen molar-refractivity contribution in [1.82, 2.24) is 15.1 Å². The molecule has 7 nitrogen and oxygen atoms in total. The number of likely N-dealkylation sites (tertiary alicyclic amines) is 1. The number of nitrogens with two attached hydrogens (primary N) is 1. The lowest BCUT2D eigenvalue weighted by Gasteiger charge is -2.38.